The number of likely N-dealkylation sites (tertiary alicyclic amines) is 1. The van der Waals surface area contributed by atoms with Crippen LogP contribution in [0.3, 0.4) is 0 Å². The van der Waals surface area contributed by atoms with Crippen LogP contribution >= 0.6 is 0 Å². The Labute approximate surface area is 72.4 Å². The van der Waals surface area contributed by atoms with Gasteiger partial charge in [-0.3, -0.25) is 9.69 Å². The molecule has 68 valence electrons. The third kappa shape index (κ3) is 1.61. The number of carbonyl (C=O) groups is 1. The number of nitrogens with zero attached hydrogens (tertiary/aromatic N) is 1. The van der Waals surface area contributed by atoms with E-state index in [1.54, 1.807) is 0 Å². The van der Waals surface area contributed by atoms with E-state index in [1.165, 1.54) is 12.8 Å². The first-order valence-corrected chi connectivity index (χ1v) is 4.74. The minimum absolute atomic E-state index is 0.0978. The second kappa shape index (κ2) is 3.05. The van der Waals surface area contributed by atoms with E-state index in [0.29, 0.717) is 0 Å². The Balaban J connectivity index is 1.89. The van der Waals surface area contributed by atoms with Gasteiger partial charge in [0.05, 0.1) is 5.92 Å². The van der Waals surface area contributed by atoms with Crippen LogP contribution in [-0.4, -0.2) is 35.1 Å². The van der Waals surface area contributed by atoms with Crippen molar-refractivity contribution in [3.8, 4) is 0 Å². The molecule has 1 heterocycles. The summed E-state index contributed by atoms with van der Waals surface area (Å²) in [6, 6.07) is 0.729. The van der Waals surface area contributed by atoms with Crippen molar-refractivity contribution < 1.29 is 9.90 Å². The van der Waals surface area contributed by atoms with Gasteiger partial charge < -0.3 is 5.11 Å². The Bertz CT molecular complexity index is 189. The van der Waals surface area contributed by atoms with Crippen LogP contribution in [0.4, 0.5) is 0 Å². The molecule has 2 fully saturated rings. The van der Waals surface area contributed by atoms with Crippen LogP contribution in [0, 0.1) is 5.92 Å². The van der Waals surface area contributed by atoms with Crippen LogP contribution in [0.1, 0.15) is 25.7 Å². The predicted octanol–water partition coefficient (Wildman–Crippen LogP) is 0.945. The lowest BCUT2D eigenvalue weighted by Gasteiger charge is -2.30. The molecule has 0 radical (unpaired) electrons. The highest BCUT2D eigenvalue weighted by atomic mass is 16.4. The van der Waals surface area contributed by atoms with Crippen LogP contribution in [0.25, 0.3) is 0 Å². The largest absolute Gasteiger partial charge is 0.481 e. The summed E-state index contributed by atoms with van der Waals surface area (Å²) in [5.74, 6) is -0.709. The molecule has 1 unspecified atom stereocenters. The summed E-state index contributed by atoms with van der Waals surface area (Å²) in [5.41, 5.74) is 0. The van der Waals surface area contributed by atoms with E-state index >= 15 is 0 Å². The fraction of sp³-hybridized carbons (Fsp3) is 0.889. The lowest BCUT2D eigenvalue weighted by atomic mass is 9.98. The molecule has 1 atom stereocenters. The van der Waals surface area contributed by atoms with E-state index in [9.17, 15) is 4.79 Å². The molecular weight excluding hydrogens is 154 g/mol. The van der Waals surface area contributed by atoms with Crippen LogP contribution in [0.2, 0.25) is 0 Å². The van der Waals surface area contributed by atoms with Crippen LogP contribution < -0.4 is 0 Å². The zero-order chi connectivity index (χ0) is 8.55. The number of rotatable bonds is 2. The molecule has 0 bridgehead atoms. The number of carboxylic acid groups (broad SMARTS) is 1. The highest BCUT2D eigenvalue weighted by Crippen LogP contribution is 2.30. The van der Waals surface area contributed by atoms with Crippen molar-refractivity contribution >= 4 is 5.97 Å². The van der Waals surface area contributed by atoms with Gasteiger partial charge in [-0.2, -0.15) is 0 Å². The number of carboxylic acids is 1. The maximum Gasteiger partial charge on any atom is 0.307 e. The summed E-state index contributed by atoms with van der Waals surface area (Å²) < 4.78 is 0. The fourth-order valence-electron chi connectivity index (χ4n) is 1.98. The first kappa shape index (κ1) is 8.05. The first-order chi connectivity index (χ1) is 5.77. The van der Waals surface area contributed by atoms with Crippen LogP contribution in [0.15, 0.2) is 0 Å². The van der Waals surface area contributed by atoms with Gasteiger partial charge in [0.2, 0.25) is 0 Å². The molecule has 0 aromatic heterocycles. The summed E-state index contributed by atoms with van der Waals surface area (Å²) in [6.07, 6.45) is 4.50. The van der Waals surface area contributed by atoms with Gasteiger partial charge in [-0.1, -0.05) is 0 Å². The smallest absolute Gasteiger partial charge is 0.307 e. The minimum atomic E-state index is -0.611. The molecule has 0 aromatic rings. The molecule has 0 amide bonds. The average molecular weight is 169 g/mol. The van der Waals surface area contributed by atoms with Crippen molar-refractivity contribution in [3.05, 3.63) is 0 Å². The standard InChI is InChI=1S/C9H15NO2/c11-9(12)7-2-1-5-10(6-7)8-3-4-8/h7-8H,1-6H2,(H,11,12). The maximum absolute atomic E-state index is 10.7. The quantitative estimate of drug-likeness (QED) is 0.669. The molecule has 2 rings (SSSR count). The normalized spacial score (nSPS) is 31.8. The fourth-order valence-corrected chi connectivity index (χ4v) is 1.98. The minimum Gasteiger partial charge on any atom is -0.481 e. The highest BCUT2D eigenvalue weighted by molar-refractivity contribution is 5.70. The summed E-state index contributed by atoms with van der Waals surface area (Å²) in [7, 11) is 0. The van der Waals surface area contributed by atoms with E-state index in [0.717, 1.165) is 32.0 Å². The van der Waals surface area contributed by atoms with E-state index in [-0.39, 0.29) is 5.92 Å². The number of hydrogen-bond donors (Lipinski definition) is 1. The van der Waals surface area contributed by atoms with Gasteiger partial charge >= 0.3 is 5.97 Å². The van der Waals surface area contributed by atoms with Gasteiger partial charge in [0, 0.05) is 12.6 Å². The first-order valence-electron chi connectivity index (χ1n) is 4.74. The van der Waals surface area contributed by atoms with Crippen molar-refractivity contribution in [1.29, 1.82) is 0 Å². The van der Waals surface area contributed by atoms with Crippen LogP contribution in [0.5, 0.6) is 0 Å². The number of piperidine rings is 1. The van der Waals surface area contributed by atoms with Crippen molar-refractivity contribution in [1.82, 2.24) is 4.90 Å². The molecule has 12 heavy (non-hydrogen) atoms. The molecule has 0 spiro atoms. The van der Waals surface area contributed by atoms with Gasteiger partial charge in [0.25, 0.3) is 0 Å². The topological polar surface area (TPSA) is 40.5 Å². The maximum atomic E-state index is 10.7. The van der Waals surface area contributed by atoms with E-state index in [1.807, 2.05) is 0 Å². The van der Waals surface area contributed by atoms with E-state index < -0.39 is 5.97 Å². The lowest BCUT2D eigenvalue weighted by Crippen LogP contribution is -2.39. The highest BCUT2D eigenvalue weighted by Gasteiger charge is 2.34. The van der Waals surface area contributed by atoms with Crippen molar-refractivity contribution in [3.63, 3.8) is 0 Å². The third-order valence-electron chi connectivity index (χ3n) is 2.87. The Morgan fingerprint density at radius 1 is 1.33 bits per heavy atom. The van der Waals surface area contributed by atoms with Gasteiger partial charge in [0.15, 0.2) is 0 Å². The summed E-state index contributed by atoms with van der Waals surface area (Å²) >= 11 is 0. The molecule has 1 N–H and O–H groups in total. The third-order valence-corrected chi connectivity index (χ3v) is 2.87. The molecule has 1 saturated heterocycles. The molecule has 3 nitrogen and oxygen atoms in total. The molecule has 1 saturated carbocycles. The Kier molecular flexibility index (Phi) is 2.05. The zero-order valence-electron chi connectivity index (χ0n) is 7.20. The Morgan fingerprint density at radius 3 is 2.67 bits per heavy atom. The summed E-state index contributed by atoms with van der Waals surface area (Å²) in [5, 5.41) is 8.83. The number of aliphatic carboxylic acids is 1. The average Bonchev–Trinajstić information content (AvgIpc) is 2.87. The van der Waals surface area contributed by atoms with Crippen molar-refractivity contribution in [2.45, 2.75) is 31.7 Å². The molecular formula is C9H15NO2. The van der Waals surface area contributed by atoms with E-state index in [4.69, 9.17) is 5.11 Å². The molecule has 2 aliphatic rings. The molecule has 1 aliphatic heterocycles. The zero-order valence-corrected chi connectivity index (χ0v) is 7.20. The van der Waals surface area contributed by atoms with Gasteiger partial charge in [-0.05, 0) is 32.2 Å². The summed E-state index contributed by atoms with van der Waals surface area (Å²) in [4.78, 5) is 13.1. The number of hydrogen-bond acceptors (Lipinski definition) is 2. The molecule has 0 aromatic carbocycles. The monoisotopic (exact) mass is 169 g/mol. The van der Waals surface area contributed by atoms with Crippen molar-refractivity contribution in [2.75, 3.05) is 13.1 Å². The molecule has 1 aliphatic carbocycles. The van der Waals surface area contributed by atoms with Crippen molar-refractivity contribution in [2.24, 2.45) is 5.92 Å². The second-order valence-corrected chi connectivity index (χ2v) is 3.90. The van der Waals surface area contributed by atoms with E-state index in [2.05, 4.69) is 4.90 Å². The Morgan fingerprint density at radius 2 is 2.08 bits per heavy atom. The molecule has 3 heteroatoms. The van der Waals surface area contributed by atoms with Gasteiger partial charge in [0.1, 0.15) is 0 Å². The second-order valence-electron chi connectivity index (χ2n) is 3.90. The lowest BCUT2D eigenvalue weighted by molar-refractivity contribution is -0.143. The Hall–Kier alpha value is -0.570. The van der Waals surface area contributed by atoms with Gasteiger partial charge in [-0.25, -0.2) is 0 Å². The summed E-state index contributed by atoms with van der Waals surface area (Å²) in [6.45, 7) is 1.91. The SMILES string of the molecule is O=C(O)C1CCCN(C2CC2)C1. The van der Waals surface area contributed by atoms with Crippen LogP contribution in [-0.2, 0) is 4.79 Å². The predicted molar refractivity (Wildman–Crippen MR) is 45.0 cm³/mol. The van der Waals surface area contributed by atoms with Gasteiger partial charge in [-0.15, -0.1) is 0 Å².